The third kappa shape index (κ3) is 2.58. The Morgan fingerprint density at radius 1 is 1.21 bits per heavy atom. The minimum atomic E-state index is -0.643. The number of carbonyl (C=O) groups is 1. The lowest BCUT2D eigenvalue weighted by Gasteiger charge is -2.23. The van der Waals surface area contributed by atoms with E-state index >= 15 is 0 Å². The van der Waals surface area contributed by atoms with Crippen molar-refractivity contribution in [2.24, 2.45) is 0 Å². The van der Waals surface area contributed by atoms with Gasteiger partial charge in [0.25, 0.3) is 0 Å². The molecule has 0 saturated heterocycles. The highest BCUT2D eigenvalue weighted by molar-refractivity contribution is 5.93. The molecular formula is C19H22O5. The van der Waals surface area contributed by atoms with Crippen molar-refractivity contribution >= 4 is 16.9 Å². The molecule has 2 aromatic rings. The topological polar surface area (TPSA) is 65.7 Å². The lowest BCUT2D eigenvalue weighted by molar-refractivity contribution is 0.0565. The molecule has 0 amide bonds. The minimum absolute atomic E-state index is 0.0620. The van der Waals surface area contributed by atoms with E-state index in [9.17, 15) is 9.59 Å². The van der Waals surface area contributed by atoms with Gasteiger partial charge in [-0.3, -0.25) is 4.79 Å². The number of hydrogen-bond acceptors (Lipinski definition) is 5. The first-order chi connectivity index (χ1) is 11.6. The lowest BCUT2D eigenvalue weighted by atomic mass is 9.84. The van der Waals surface area contributed by atoms with Gasteiger partial charge < -0.3 is 13.9 Å². The molecular weight excluding hydrogens is 308 g/mol. The summed E-state index contributed by atoms with van der Waals surface area (Å²) in [5.41, 5.74) is 3.59. The maximum Gasteiger partial charge on any atom is 0.374 e. The second-order valence-electron chi connectivity index (χ2n) is 6.10. The van der Waals surface area contributed by atoms with Crippen molar-refractivity contribution in [1.29, 1.82) is 0 Å². The average Bonchev–Trinajstić information content (AvgIpc) is 2.61. The summed E-state index contributed by atoms with van der Waals surface area (Å²) in [6.45, 7) is 2.11. The van der Waals surface area contributed by atoms with Gasteiger partial charge in [-0.05, 0) is 48.8 Å². The second-order valence-corrected chi connectivity index (χ2v) is 6.10. The van der Waals surface area contributed by atoms with E-state index < -0.39 is 5.97 Å². The Kier molecular flexibility index (Phi) is 4.60. The fourth-order valence-corrected chi connectivity index (χ4v) is 3.64. The Balaban J connectivity index is 2.43. The van der Waals surface area contributed by atoms with E-state index in [1.54, 1.807) is 7.11 Å². The smallest absolute Gasteiger partial charge is 0.374 e. The van der Waals surface area contributed by atoms with Gasteiger partial charge in [0.2, 0.25) is 5.76 Å². The van der Waals surface area contributed by atoms with Gasteiger partial charge in [0.15, 0.2) is 5.43 Å². The molecule has 1 aromatic heterocycles. The fraction of sp³-hybridized carbons (Fsp3) is 0.474. The lowest BCUT2D eigenvalue weighted by Crippen LogP contribution is -2.15. The molecule has 128 valence electrons. The predicted molar refractivity (Wildman–Crippen MR) is 91.0 cm³/mol. The molecule has 0 N–H and O–H groups in total. The highest BCUT2D eigenvalue weighted by Gasteiger charge is 2.26. The Hall–Kier alpha value is -2.30. The van der Waals surface area contributed by atoms with Crippen LogP contribution >= 0.6 is 0 Å². The third-order valence-electron chi connectivity index (χ3n) is 4.65. The van der Waals surface area contributed by atoms with Gasteiger partial charge in [0.05, 0.1) is 14.2 Å². The average molecular weight is 330 g/mol. The Morgan fingerprint density at radius 2 is 1.92 bits per heavy atom. The zero-order chi connectivity index (χ0) is 17.3. The molecule has 0 atom stereocenters. The van der Waals surface area contributed by atoms with Crippen molar-refractivity contribution < 1.29 is 18.7 Å². The van der Waals surface area contributed by atoms with Crippen LogP contribution in [0.4, 0.5) is 0 Å². The van der Waals surface area contributed by atoms with Crippen LogP contribution in [0, 0.1) is 0 Å². The monoisotopic (exact) mass is 330 g/mol. The van der Waals surface area contributed by atoms with Gasteiger partial charge in [0, 0.05) is 6.07 Å². The number of aryl methyl sites for hydroxylation is 1. The Bertz CT molecular complexity index is 847. The van der Waals surface area contributed by atoms with Crippen LogP contribution in [0.5, 0.6) is 5.75 Å². The summed E-state index contributed by atoms with van der Waals surface area (Å²) in [6, 6.07) is 1.20. The number of fused-ring (bicyclic) bond motifs is 3. The number of ether oxygens (including phenoxy) is 2. The van der Waals surface area contributed by atoms with Gasteiger partial charge in [-0.1, -0.05) is 13.3 Å². The fourth-order valence-electron chi connectivity index (χ4n) is 3.64. The predicted octanol–water partition coefficient (Wildman–Crippen LogP) is 3.42. The van der Waals surface area contributed by atoms with Crippen LogP contribution in [0.1, 0.15) is 53.4 Å². The van der Waals surface area contributed by atoms with Crippen molar-refractivity contribution in [2.45, 2.75) is 45.4 Å². The Labute approximate surface area is 140 Å². The number of hydrogen-bond donors (Lipinski definition) is 0. The summed E-state index contributed by atoms with van der Waals surface area (Å²) >= 11 is 0. The molecule has 0 aliphatic heterocycles. The molecule has 24 heavy (non-hydrogen) atoms. The maximum atomic E-state index is 12.7. The van der Waals surface area contributed by atoms with Crippen LogP contribution in [0.25, 0.3) is 11.0 Å². The molecule has 5 nitrogen and oxygen atoms in total. The van der Waals surface area contributed by atoms with Crippen molar-refractivity contribution in [2.75, 3.05) is 14.2 Å². The maximum absolute atomic E-state index is 12.7. The Morgan fingerprint density at radius 3 is 2.54 bits per heavy atom. The molecule has 0 unspecified atom stereocenters. The quantitative estimate of drug-likeness (QED) is 0.804. The van der Waals surface area contributed by atoms with Gasteiger partial charge in [-0.25, -0.2) is 4.79 Å². The van der Waals surface area contributed by atoms with Crippen molar-refractivity contribution in [1.82, 2.24) is 0 Å². The van der Waals surface area contributed by atoms with E-state index in [4.69, 9.17) is 13.9 Å². The number of benzene rings is 1. The van der Waals surface area contributed by atoms with Crippen LogP contribution in [-0.2, 0) is 24.0 Å². The SMILES string of the molecule is CCCc1c2c(c3oc(C(=O)OC)cc(=O)c3c1OC)CCCC2. The van der Waals surface area contributed by atoms with Gasteiger partial charge >= 0.3 is 5.97 Å². The summed E-state index contributed by atoms with van der Waals surface area (Å²) in [6.07, 6.45) is 5.79. The molecule has 0 spiro atoms. The summed E-state index contributed by atoms with van der Waals surface area (Å²) < 4.78 is 16.1. The highest BCUT2D eigenvalue weighted by atomic mass is 16.5. The van der Waals surface area contributed by atoms with Gasteiger partial charge in [-0.15, -0.1) is 0 Å². The van der Waals surface area contributed by atoms with E-state index in [-0.39, 0.29) is 11.2 Å². The third-order valence-corrected chi connectivity index (χ3v) is 4.65. The van der Waals surface area contributed by atoms with Gasteiger partial charge in [-0.2, -0.15) is 0 Å². The van der Waals surface area contributed by atoms with Crippen LogP contribution in [0.15, 0.2) is 15.3 Å². The normalized spacial score (nSPS) is 13.6. The molecule has 3 rings (SSSR count). The molecule has 1 aromatic carbocycles. The van der Waals surface area contributed by atoms with Crippen molar-refractivity contribution in [3.8, 4) is 5.75 Å². The number of rotatable bonds is 4. The number of esters is 1. The van der Waals surface area contributed by atoms with E-state index in [1.165, 1.54) is 18.7 Å². The summed E-state index contributed by atoms with van der Waals surface area (Å²) in [7, 11) is 2.85. The van der Waals surface area contributed by atoms with Crippen molar-refractivity contribution in [3.63, 3.8) is 0 Å². The number of carbonyl (C=O) groups excluding carboxylic acids is 1. The van der Waals surface area contributed by atoms with Crippen LogP contribution in [-0.4, -0.2) is 20.2 Å². The first kappa shape index (κ1) is 16.6. The highest BCUT2D eigenvalue weighted by Crippen LogP contribution is 2.39. The largest absolute Gasteiger partial charge is 0.496 e. The molecule has 1 heterocycles. The zero-order valence-corrected chi connectivity index (χ0v) is 14.4. The molecule has 0 saturated carbocycles. The summed E-state index contributed by atoms with van der Waals surface area (Å²) in [4.78, 5) is 24.5. The van der Waals surface area contributed by atoms with Gasteiger partial charge in [0.1, 0.15) is 16.7 Å². The second kappa shape index (κ2) is 6.67. The number of methoxy groups -OCH3 is 2. The van der Waals surface area contributed by atoms with Crippen LogP contribution in [0.2, 0.25) is 0 Å². The first-order valence-corrected chi connectivity index (χ1v) is 8.39. The standard InChI is InChI=1S/C19H22O5/c1-4-7-12-11-8-5-6-9-13(11)18-16(17(12)22-2)14(20)10-15(24-18)19(21)23-3/h10H,4-9H2,1-3H3. The minimum Gasteiger partial charge on any atom is -0.496 e. The molecule has 0 bridgehead atoms. The van der Waals surface area contributed by atoms with E-state index in [0.29, 0.717) is 16.7 Å². The molecule has 5 heteroatoms. The first-order valence-electron chi connectivity index (χ1n) is 8.39. The van der Waals surface area contributed by atoms with Crippen LogP contribution in [0.3, 0.4) is 0 Å². The van der Waals surface area contributed by atoms with Crippen molar-refractivity contribution in [3.05, 3.63) is 38.7 Å². The summed E-state index contributed by atoms with van der Waals surface area (Å²) in [5, 5.41) is 0.439. The van der Waals surface area contributed by atoms with E-state index in [1.807, 2.05) is 0 Å². The zero-order valence-electron chi connectivity index (χ0n) is 14.4. The summed E-state index contributed by atoms with van der Waals surface area (Å²) in [5.74, 6) is -0.110. The molecule has 1 aliphatic carbocycles. The molecule has 0 fully saturated rings. The van der Waals surface area contributed by atoms with Crippen LogP contribution < -0.4 is 10.2 Å². The van der Waals surface area contributed by atoms with E-state index in [2.05, 4.69) is 6.92 Å². The van der Waals surface area contributed by atoms with E-state index in [0.717, 1.165) is 49.7 Å². The molecule has 0 radical (unpaired) electrons. The molecule has 1 aliphatic rings.